The summed E-state index contributed by atoms with van der Waals surface area (Å²) in [4.78, 5) is 0. The first kappa shape index (κ1) is 16.1. The minimum Gasteiger partial charge on any atom is -0.497 e. The number of para-hydroxylation sites is 1. The van der Waals surface area contributed by atoms with Crippen LogP contribution in [0.4, 0.5) is 5.69 Å². The van der Waals surface area contributed by atoms with E-state index < -0.39 is 10.0 Å². The van der Waals surface area contributed by atoms with E-state index in [4.69, 9.17) is 14.0 Å². The molecule has 0 radical (unpaired) electrons. The number of hydrogen-bond donors (Lipinski definition) is 1. The largest absolute Gasteiger partial charge is 0.497 e. The number of fused-ring (bicyclic) bond motifs is 1. The molecule has 0 amide bonds. The Morgan fingerprint density at radius 3 is 2.42 bits per heavy atom. The third-order valence-electron chi connectivity index (χ3n) is 3.40. The first-order valence-corrected chi connectivity index (χ1v) is 8.73. The topological polar surface area (TPSA) is 90.7 Å². The number of anilines is 1. The summed E-state index contributed by atoms with van der Waals surface area (Å²) < 4.78 is 42.8. The van der Waals surface area contributed by atoms with Gasteiger partial charge in [0, 0.05) is 23.6 Å². The first-order chi connectivity index (χ1) is 11.5. The third kappa shape index (κ3) is 3.43. The lowest BCUT2D eigenvalue weighted by Crippen LogP contribution is -2.15. The Morgan fingerprint density at radius 2 is 1.75 bits per heavy atom. The molecule has 0 saturated carbocycles. The van der Waals surface area contributed by atoms with Gasteiger partial charge in [0.1, 0.15) is 22.9 Å². The number of aromatic nitrogens is 1. The molecule has 2 aromatic carbocycles. The van der Waals surface area contributed by atoms with Crippen LogP contribution in [0.1, 0.15) is 5.69 Å². The Kier molecular flexibility index (Phi) is 4.30. The van der Waals surface area contributed by atoms with Crippen LogP contribution < -0.4 is 14.2 Å². The summed E-state index contributed by atoms with van der Waals surface area (Å²) in [6, 6.07) is 11.9. The maximum atomic E-state index is 12.4. The highest BCUT2D eigenvalue weighted by molar-refractivity contribution is 7.91. The van der Waals surface area contributed by atoms with Crippen molar-refractivity contribution in [3.8, 4) is 11.5 Å². The van der Waals surface area contributed by atoms with Crippen molar-refractivity contribution in [1.29, 1.82) is 0 Å². The molecule has 0 saturated heterocycles. The summed E-state index contributed by atoms with van der Waals surface area (Å²) in [5.41, 5.74) is 1.25. The number of nitrogens with zero attached hydrogens (tertiary/aromatic N) is 1. The van der Waals surface area contributed by atoms with Gasteiger partial charge < -0.3 is 14.0 Å². The zero-order valence-corrected chi connectivity index (χ0v) is 14.0. The molecular weight excluding hydrogens is 332 g/mol. The SMILES string of the molecule is COc1cc(NS(=O)(=O)Cc2noc3ccccc23)cc(OC)c1. The maximum Gasteiger partial charge on any atom is 0.238 e. The van der Waals surface area contributed by atoms with E-state index >= 15 is 0 Å². The molecule has 0 unspecified atom stereocenters. The van der Waals surface area contributed by atoms with Crippen LogP contribution in [0.15, 0.2) is 47.0 Å². The second-order valence-electron chi connectivity index (χ2n) is 5.09. The van der Waals surface area contributed by atoms with Crippen LogP contribution in [0.5, 0.6) is 11.5 Å². The van der Waals surface area contributed by atoms with E-state index in [0.717, 1.165) is 0 Å². The van der Waals surface area contributed by atoms with Gasteiger partial charge in [-0.2, -0.15) is 0 Å². The van der Waals surface area contributed by atoms with Crippen LogP contribution in [0.3, 0.4) is 0 Å². The summed E-state index contributed by atoms with van der Waals surface area (Å²) in [7, 11) is -0.693. The molecule has 1 heterocycles. The minimum absolute atomic E-state index is 0.302. The van der Waals surface area contributed by atoms with E-state index in [1.54, 1.807) is 42.5 Å². The highest BCUT2D eigenvalue weighted by Crippen LogP contribution is 2.27. The fraction of sp³-hybridized carbons (Fsp3) is 0.188. The van der Waals surface area contributed by atoms with Gasteiger partial charge in [0.05, 0.1) is 19.9 Å². The van der Waals surface area contributed by atoms with Gasteiger partial charge in [-0.1, -0.05) is 17.3 Å². The fourth-order valence-electron chi connectivity index (χ4n) is 2.30. The number of methoxy groups -OCH3 is 2. The highest BCUT2D eigenvalue weighted by atomic mass is 32.2. The van der Waals surface area contributed by atoms with Gasteiger partial charge in [0.2, 0.25) is 10.0 Å². The molecule has 3 aromatic rings. The molecular formula is C16H16N2O5S. The normalized spacial score (nSPS) is 11.4. The molecule has 8 heteroatoms. The van der Waals surface area contributed by atoms with Crippen molar-refractivity contribution < 1.29 is 22.4 Å². The third-order valence-corrected chi connectivity index (χ3v) is 4.60. The number of ether oxygens (including phenoxy) is 2. The average molecular weight is 348 g/mol. The fourth-order valence-corrected chi connectivity index (χ4v) is 3.42. The summed E-state index contributed by atoms with van der Waals surface area (Å²) >= 11 is 0. The lowest BCUT2D eigenvalue weighted by Gasteiger charge is -2.10. The summed E-state index contributed by atoms with van der Waals surface area (Å²) in [6.45, 7) is 0. The Hall–Kier alpha value is -2.74. The van der Waals surface area contributed by atoms with Crippen molar-refractivity contribution in [2.75, 3.05) is 18.9 Å². The molecule has 24 heavy (non-hydrogen) atoms. The van der Waals surface area contributed by atoms with Gasteiger partial charge in [-0.05, 0) is 12.1 Å². The van der Waals surface area contributed by atoms with E-state index in [0.29, 0.717) is 33.8 Å². The Labute approximate surface area is 139 Å². The number of benzene rings is 2. The quantitative estimate of drug-likeness (QED) is 0.736. The number of nitrogens with one attached hydrogen (secondary N) is 1. The molecule has 0 aliphatic rings. The van der Waals surface area contributed by atoms with Gasteiger partial charge in [0.15, 0.2) is 5.58 Å². The zero-order valence-electron chi connectivity index (χ0n) is 13.1. The predicted molar refractivity (Wildman–Crippen MR) is 89.8 cm³/mol. The minimum atomic E-state index is -3.68. The lowest BCUT2D eigenvalue weighted by atomic mass is 10.2. The van der Waals surface area contributed by atoms with E-state index in [9.17, 15) is 8.42 Å². The first-order valence-electron chi connectivity index (χ1n) is 7.07. The molecule has 3 rings (SSSR count). The molecule has 1 N–H and O–H groups in total. The molecule has 7 nitrogen and oxygen atoms in total. The van der Waals surface area contributed by atoms with E-state index in [-0.39, 0.29) is 5.75 Å². The molecule has 0 aliphatic carbocycles. The van der Waals surface area contributed by atoms with Crippen molar-refractivity contribution in [1.82, 2.24) is 5.16 Å². The van der Waals surface area contributed by atoms with Crippen molar-refractivity contribution in [3.63, 3.8) is 0 Å². The van der Waals surface area contributed by atoms with Crippen molar-refractivity contribution in [3.05, 3.63) is 48.2 Å². The van der Waals surface area contributed by atoms with Crippen LogP contribution in [0, 0.1) is 0 Å². The Balaban J connectivity index is 1.86. The van der Waals surface area contributed by atoms with Gasteiger partial charge in [-0.15, -0.1) is 0 Å². The van der Waals surface area contributed by atoms with Crippen LogP contribution >= 0.6 is 0 Å². The molecule has 0 bridgehead atoms. The molecule has 0 fully saturated rings. The van der Waals surface area contributed by atoms with Gasteiger partial charge >= 0.3 is 0 Å². The second kappa shape index (κ2) is 6.40. The van der Waals surface area contributed by atoms with Gasteiger partial charge in [-0.3, -0.25) is 4.72 Å². The Bertz CT molecular complexity index is 943. The van der Waals surface area contributed by atoms with Crippen LogP contribution in [-0.2, 0) is 15.8 Å². The van der Waals surface area contributed by atoms with E-state index in [1.807, 2.05) is 0 Å². The second-order valence-corrected chi connectivity index (χ2v) is 6.81. The van der Waals surface area contributed by atoms with Crippen molar-refractivity contribution in [2.45, 2.75) is 5.75 Å². The molecule has 0 spiro atoms. The van der Waals surface area contributed by atoms with Gasteiger partial charge in [-0.25, -0.2) is 8.42 Å². The monoisotopic (exact) mass is 348 g/mol. The average Bonchev–Trinajstić information content (AvgIpc) is 2.96. The van der Waals surface area contributed by atoms with Crippen LogP contribution in [0.2, 0.25) is 0 Å². The standard InChI is InChI=1S/C16H16N2O5S/c1-21-12-7-11(8-13(9-12)22-2)18-24(19,20)10-15-14-5-3-4-6-16(14)23-17-15/h3-9,18H,10H2,1-2H3. The number of rotatable bonds is 6. The molecule has 0 aliphatic heterocycles. The van der Waals surface area contributed by atoms with Crippen LogP contribution in [-0.4, -0.2) is 27.8 Å². The number of sulfonamides is 1. The maximum absolute atomic E-state index is 12.4. The summed E-state index contributed by atoms with van der Waals surface area (Å²) in [5, 5.41) is 4.52. The van der Waals surface area contributed by atoms with Crippen molar-refractivity contribution >= 4 is 26.7 Å². The zero-order chi connectivity index (χ0) is 17.2. The highest BCUT2D eigenvalue weighted by Gasteiger charge is 2.18. The smallest absolute Gasteiger partial charge is 0.238 e. The molecule has 0 atom stereocenters. The van der Waals surface area contributed by atoms with E-state index in [1.165, 1.54) is 14.2 Å². The van der Waals surface area contributed by atoms with Crippen LogP contribution in [0.25, 0.3) is 11.0 Å². The molecule has 126 valence electrons. The lowest BCUT2D eigenvalue weighted by molar-refractivity contribution is 0.395. The van der Waals surface area contributed by atoms with Gasteiger partial charge in [0.25, 0.3) is 0 Å². The van der Waals surface area contributed by atoms with E-state index in [2.05, 4.69) is 9.88 Å². The van der Waals surface area contributed by atoms with Crippen molar-refractivity contribution in [2.24, 2.45) is 0 Å². The predicted octanol–water partition coefficient (Wildman–Crippen LogP) is 2.79. The Morgan fingerprint density at radius 1 is 1.08 bits per heavy atom. The molecule has 1 aromatic heterocycles. The number of hydrogen-bond acceptors (Lipinski definition) is 6. The summed E-state index contributed by atoms with van der Waals surface area (Å²) in [5.74, 6) is 0.668. The summed E-state index contributed by atoms with van der Waals surface area (Å²) in [6.07, 6.45) is 0.